The summed E-state index contributed by atoms with van der Waals surface area (Å²) < 4.78 is 26.5. The number of amides is 1. The Hall–Kier alpha value is -2.23. The maximum atomic E-state index is 14.4. The van der Waals surface area contributed by atoms with E-state index in [4.69, 9.17) is 9.47 Å². The Morgan fingerprint density at radius 1 is 1.56 bits per heavy atom. The van der Waals surface area contributed by atoms with Crippen LogP contribution in [0.2, 0.25) is 0 Å². The maximum Gasteiger partial charge on any atom is 0.407 e. The van der Waals surface area contributed by atoms with E-state index in [2.05, 4.69) is 10.4 Å². The van der Waals surface area contributed by atoms with Crippen molar-refractivity contribution >= 4 is 11.8 Å². The van der Waals surface area contributed by atoms with Crippen molar-refractivity contribution in [1.82, 2.24) is 15.1 Å². The molecule has 1 saturated heterocycles. The Morgan fingerprint density at radius 3 is 2.84 bits per heavy atom. The molecule has 1 aliphatic heterocycles. The van der Waals surface area contributed by atoms with Gasteiger partial charge in [-0.15, -0.1) is 0 Å². The van der Waals surface area contributed by atoms with Crippen LogP contribution in [0.1, 0.15) is 45.4 Å². The zero-order chi connectivity index (χ0) is 18.8. The predicted octanol–water partition coefficient (Wildman–Crippen LogP) is 2.41. The minimum Gasteiger partial charge on any atom is -0.444 e. The number of hydrogen-bond donors (Lipinski definition) is 1. The summed E-state index contributed by atoms with van der Waals surface area (Å²) in [5.74, 6) is 0. The lowest BCUT2D eigenvalue weighted by molar-refractivity contribution is -0.386. The highest BCUT2D eigenvalue weighted by atomic mass is 19.1. The molecule has 1 aromatic heterocycles. The van der Waals surface area contributed by atoms with Gasteiger partial charge in [-0.1, -0.05) is 0 Å². The number of carbonyl (C=O) groups is 1. The maximum absolute atomic E-state index is 14.4. The number of alkyl halides is 1. The highest BCUT2D eigenvalue weighted by Gasteiger charge is 2.36. The quantitative estimate of drug-likeness (QED) is 0.656. The summed E-state index contributed by atoms with van der Waals surface area (Å²) in [5, 5.41) is 17.6. The summed E-state index contributed by atoms with van der Waals surface area (Å²) in [5.41, 5.74) is -0.659. The highest BCUT2D eigenvalue weighted by molar-refractivity contribution is 5.68. The summed E-state index contributed by atoms with van der Waals surface area (Å²) >= 11 is 0. The van der Waals surface area contributed by atoms with Crippen molar-refractivity contribution in [2.75, 3.05) is 6.61 Å². The van der Waals surface area contributed by atoms with Gasteiger partial charge in [0, 0.05) is 19.9 Å². The van der Waals surface area contributed by atoms with Crippen LogP contribution in [0.4, 0.5) is 14.9 Å². The summed E-state index contributed by atoms with van der Waals surface area (Å²) in [7, 11) is 1.56. The number of nitrogens with zero attached hydrogens (tertiary/aromatic N) is 3. The Kier molecular flexibility index (Phi) is 5.61. The number of ether oxygens (including phenoxy) is 2. The summed E-state index contributed by atoms with van der Waals surface area (Å²) in [6, 6.07) is -0.878. The van der Waals surface area contributed by atoms with Crippen molar-refractivity contribution < 1.29 is 23.6 Å². The molecule has 2 rings (SSSR count). The summed E-state index contributed by atoms with van der Waals surface area (Å²) in [6.07, 6.45) is -1.59. The minimum atomic E-state index is -1.34. The van der Waals surface area contributed by atoms with Crippen LogP contribution < -0.4 is 5.32 Å². The van der Waals surface area contributed by atoms with Gasteiger partial charge in [0.2, 0.25) is 0 Å². The van der Waals surface area contributed by atoms with Gasteiger partial charge in [-0.3, -0.25) is 14.8 Å². The Labute approximate surface area is 144 Å². The molecule has 0 radical (unpaired) electrons. The number of halogens is 1. The molecule has 2 heterocycles. The molecule has 0 aliphatic carbocycles. The van der Waals surface area contributed by atoms with Gasteiger partial charge in [-0.2, -0.15) is 5.10 Å². The molecule has 1 unspecified atom stereocenters. The number of aromatic nitrogens is 2. The third kappa shape index (κ3) is 4.88. The fourth-order valence-electron chi connectivity index (χ4n) is 2.72. The first-order chi connectivity index (χ1) is 11.6. The van der Waals surface area contributed by atoms with E-state index in [9.17, 15) is 19.3 Å². The van der Waals surface area contributed by atoms with Crippen molar-refractivity contribution in [3.8, 4) is 0 Å². The van der Waals surface area contributed by atoms with Crippen LogP contribution in [0.25, 0.3) is 0 Å². The largest absolute Gasteiger partial charge is 0.444 e. The van der Waals surface area contributed by atoms with Gasteiger partial charge in [0.1, 0.15) is 29.8 Å². The summed E-state index contributed by atoms with van der Waals surface area (Å²) in [4.78, 5) is 22.6. The van der Waals surface area contributed by atoms with Crippen LogP contribution in [-0.4, -0.2) is 45.2 Å². The lowest BCUT2D eigenvalue weighted by Crippen LogP contribution is -2.44. The molecule has 1 aromatic rings. The topological polar surface area (TPSA) is 109 Å². The van der Waals surface area contributed by atoms with E-state index < -0.39 is 34.9 Å². The van der Waals surface area contributed by atoms with Crippen LogP contribution in [0.3, 0.4) is 0 Å². The number of hydrogen-bond acceptors (Lipinski definition) is 6. The summed E-state index contributed by atoms with van der Waals surface area (Å²) in [6.45, 7) is 5.20. The number of aryl methyl sites for hydroxylation is 1. The van der Waals surface area contributed by atoms with Crippen LogP contribution in [0.15, 0.2) is 6.20 Å². The Morgan fingerprint density at radius 2 is 2.24 bits per heavy atom. The van der Waals surface area contributed by atoms with Crippen LogP contribution >= 0.6 is 0 Å². The molecule has 9 nitrogen and oxygen atoms in total. The number of carbonyl (C=O) groups excluding carboxylic acids is 1. The van der Waals surface area contributed by atoms with Crippen LogP contribution in [0.5, 0.6) is 0 Å². The normalized spacial score (nSPS) is 24.4. The lowest BCUT2D eigenvalue weighted by Gasteiger charge is -2.25. The van der Waals surface area contributed by atoms with Gasteiger partial charge in [0.25, 0.3) is 0 Å². The molecule has 0 aromatic carbocycles. The Balaban J connectivity index is 2.18. The fraction of sp³-hybridized carbons (Fsp3) is 0.733. The molecule has 1 fully saturated rings. The fourth-order valence-corrected chi connectivity index (χ4v) is 2.72. The average molecular weight is 358 g/mol. The second-order valence-corrected chi connectivity index (χ2v) is 6.95. The van der Waals surface area contributed by atoms with Gasteiger partial charge in [-0.05, 0) is 20.8 Å². The monoisotopic (exact) mass is 358 g/mol. The molecule has 3 atom stereocenters. The number of nitrogens with one attached hydrogen (secondary N) is 1. The van der Waals surface area contributed by atoms with E-state index in [0.29, 0.717) is 0 Å². The molecule has 0 spiro atoms. The first kappa shape index (κ1) is 19.1. The smallest absolute Gasteiger partial charge is 0.407 e. The molecular weight excluding hydrogens is 335 g/mol. The molecular formula is C15H23FN4O5. The zero-order valence-corrected chi connectivity index (χ0v) is 14.7. The Bertz CT molecular complexity index is 642. The van der Waals surface area contributed by atoms with Gasteiger partial charge >= 0.3 is 11.8 Å². The van der Waals surface area contributed by atoms with Crippen molar-refractivity contribution in [3.05, 3.63) is 22.0 Å². The van der Waals surface area contributed by atoms with E-state index in [1.165, 1.54) is 4.68 Å². The molecule has 1 amide bonds. The predicted molar refractivity (Wildman–Crippen MR) is 85.8 cm³/mol. The van der Waals surface area contributed by atoms with E-state index >= 15 is 0 Å². The van der Waals surface area contributed by atoms with Gasteiger partial charge < -0.3 is 14.8 Å². The SMILES string of the molecule is Cn1ncc([N+](=O)[O-])c1C1C[C@H](NC(=O)OC(C)(C)C)[C@@H](F)CCO1. The van der Waals surface area contributed by atoms with Crippen molar-refractivity contribution in [1.29, 1.82) is 0 Å². The molecule has 1 N–H and O–H groups in total. The molecule has 25 heavy (non-hydrogen) atoms. The molecule has 140 valence electrons. The van der Waals surface area contributed by atoms with Gasteiger partial charge in [0.15, 0.2) is 0 Å². The zero-order valence-electron chi connectivity index (χ0n) is 14.7. The standard InChI is InChI=1S/C15H23FN4O5/c1-15(2,3)25-14(21)18-10-7-12(24-6-5-9(10)16)13-11(20(22)23)8-17-19(13)4/h8-10,12H,5-7H2,1-4H3,(H,18,21)/t9-,10-,12?/m0/s1. The highest BCUT2D eigenvalue weighted by Crippen LogP contribution is 2.33. The first-order valence-corrected chi connectivity index (χ1v) is 8.00. The number of alkyl carbamates (subject to hydrolysis) is 1. The van der Waals surface area contributed by atoms with E-state index in [-0.39, 0.29) is 30.8 Å². The molecule has 0 saturated carbocycles. The van der Waals surface area contributed by atoms with E-state index in [0.717, 1.165) is 6.20 Å². The van der Waals surface area contributed by atoms with Crippen molar-refractivity contribution in [3.63, 3.8) is 0 Å². The third-order valence-corrected chi connectivity index (χ3v) is 3.79. The second kappa shape index (κ2) is 7.34. The van der Waals surface area contributed by atoms with E-state index in [1.54, 1.807) is 27.8 Å². The van der Waals surface area contributed by atoms with Crippen LogP contribution in [-0.2, 0) is 16.5 Å². The van der Waals surface area contributed by atoms with Gasteiger partial charge in [0.05, 0.1) is 17.6 Å². The molecule has 1 aliphatic rings. The first-order valence-electron chi connectivity index (χ1n) is 8.00. The van der Waals surface area contributed by atoms with E-state index in [1.807, 2.05) is 0 Å². The number of rotatable bonds is 3. The lowest BCUT2D eigenvalue weighted by atomic mass is 10.0. The van der Waals surface area contributed by atoms with Crippen LogP contribution in [0, 0.1) is 10.1 Å². The average Bonchev–Trinajstić information content (AvgIpc) is 2.76. The van der Waals surface area contributed by atoms with Crippen molar-refractivity contribution in [2.45, 2.75) is 57.5 Å². The van der Waals surface area contributed by atoms with Gasteiger partial charge in [-0.25, -0.2) is 9.18 Å². The second-order valence-electron chi connectivity index (χ2n) is 6.95. The molecule has 0 bridgehead atoms. The number of nitro groups is 1. The van der Waals surface area contributed by atoms with Crippen molar-refractivity contribution in [2.24, 2.45) is 7.05 Å². The third-order valence-electron chi connectivity index (χ3n) is 3.79. The minimum absolute atomic E-state index is 0.0424. The molecule has 10 heteroatoms.